The molecular weight excluding hydrogens is 827 g/mol. The Morgan fingerprint density at radius 2 is 1.60 bits per heavy atom. The molecule has 16 heteroatoms. The number of terminal acetylenes is 1. The molecule has 0 aliphatic carbocycles. The Balaban J connectivity index is 1.37. The van der Waals surface area contributed by atoms with E-state index in [0.717, 1.165) is 37.7 Å². The Bertz CT molecular complexity index is 2120. The lowest BCUT2D eigenvalue weighted by Crippen LogP contribution is -2.46. The Kier molecular flexibility index (Phi) is 19.4. The molecule has 0 amide bonds. The molecule has 5 rings (SSSR count). The van der Waals surface area contributed by atoms with Gasteiger partial charge >= 0.3 is 25.8 Å². The molecule has 63 heavy (non-hydrogen) atoms. The van der Waals surface area contributed by atoms with Crippen LogP contribution in [0.4, 0.5) is 10.2 Å². The van der Waals surface area contributed by atoms with Crippen LogP contribution < -0.4 is 15.3 Å². The van der Waals surface area contributed by atoms with E-state index in [-0.39, 0.29) is 54.5 Å². The van der Waals surface area contributed by atoms with Crippen molar-refractivity contribution in [1.82, 2.24) is 24.6 Å². The number of imidazole rings is 1. The van der Waals surface area contributed by atoms with E-state index in [0.29, 0.717) is 6.42 Å². The standard InChI is InChI=1S/C47H64FN6O8P/c1-5-9-10-11-12-13-14-15-16-17-24-29-41(55)60-39-31-40(54-34-50-42-43(49)51-46(48)52-44(42)54)61-47(39,8-4)33-59-63(57,62-37-27-22-19-23-28-37)53-38(30-36-25-20-18-21-26-36)45(56)58-32-35(6-2)7-3/h4,18-23,25-28,34-35,38-40H,5-7,9-17,24,29-33H2,1-3H3,(H,53,57)(H2,49,51,52)/t38?,39-,40+,47+,63-/m0/s1. The van der Waals surface area contributed by atoms with E-state index in [4.69, 9.17) is 35.4 Å². The number of carbonyl (C=O) groups excluding carboxylic acids is 2. The lowest BCUT2D eigenvalue weighted by atomic mass is 9.98. The first kappa shape index (κ1) is 49.2. The van der Waals surface area contributed by atoms with Crippen molar-refractivity contribution in [3.05, 3.63) is 78.6 Å². The molecule has 2 aromatic heterocycles. The molecular formula is C47H64FN6O8P. The van der Waals surface area contributed by atoms with Gasteiger partial charge in [-0.1, -0.05) is 152 Å². The van der Waals surface area contributed by atoms with E-state index in [1.165, 1.54) is 55.8 Å². The summed E-state index contributed by atoms with van der Waals surface area (Å²) in [6.07, 6.45) is 18.5. The number of carbonyl (C=O) groups is 2. The van der Waals surface area contributed by atoms with Crippen LogP contribution in [-0.2, 0) is 39.3 Å². The van der Waals surface area contributed by atoms with E-state index in [1.807, 2.05) is 44.2 Å². The van der Waals surface area contributed by atoms with Crippen molar-refractivity contribution in [1.29, 1.82) is 0 Å². The summed E-state index contributed by atoms with van der Waals surface area (Å²) in [4.78, 5) is 39.1. The van der Waals surface area contributed by atoms with Gasteiger partial charge in [0.15, 0.2) is 22.6 Å². The fourth-order valence-corrected chi connectivity index (χ4v) is 9.08. The molecule has 0 saturated carbocycles. The number of hydrogen-bond donors (Lipinski definition) is 2. The third-order valence-electron chi connectivity index (χ3n) is 11.4. The smallest absolute Gasteiger partial charge is 0.459 e. The van der Waals surface area contributed by atoms with Gasteiger partial charge in [0.2, 0.25) is 0 Å². The van der Waals surface area contributed by atoms with Crippen LogP contribution in [0.15, 0.2) is 67.0 Å². The van der Waals surface area contributed by atoms with Crippen molar-refractivity contribution < 1.29 is 41.8 Å². The van der Waals surface area contributed by atoms with Crippen molar-refractivity contribution in [3.8, 4) is 18.1 Å². The highest BCUT2D eigenvalue weighted by molar-refractivity contribution is 7.52. The molecule has 1 unspecified atom stereocenters. The van der Waals surface area contributed by atoms with Gasteiger partial charge in [0.05, 0.1) is 12.9 Å². The molecule has 342 valence electrons. The predicted molar refractivity (Wildman–Crippen MR) is 240 cm³/mol. The quantitative estimate of drug-likeness (QED) is 0.0181. The number of hydrogen-bond acceptors (Lipinski definition) is 12. The van der Waals surface area contributed by atoms with Crippen molar-refractivity contribution in [3.63, 3.8) is 0 Å². The molecule has 1 fully saturated rings. The fourth-order valence-electron chi connectivity index (χ4n) is 7.56. The summed E-state index contributed by atoms with van der Waals surface area (Å²) in [6, 6.07) is 16.3. The fraction of sp³-hybridized carbons (Fsp3) is 0.553. The maximum absolute atomic E-state index is 15.1. The van der Waals surface area contributed by atoms with Gasteiger partial charge in [-0.15, -0.1) is 6.42 Å². The Morgan fingerprint density at radius 1 is 0.968 bits per heavy atom. The van der Waals surface area contributed by atoms with Gasteiger partial charge in [-0.25, -0.2) is 9.55 Å². The zero-order valence-corrected chi connectivity index (χ0v) is 37.8. The Hall–Kier alpha value is -4.87. The van der Waals surface area contributed by atoms with Gasteiger partial charge in [0, 0.05) is 12.8 Å². The summed E-state index contributed by atoms with van der Waals surface area (Å²) in [6.45, 7) is 5.80. The van der Waals surface area contributed by atoms with Crippen LogP contribution >= 0.6 is 7.75 Å². The number of nitrogen functional groups attached to an aromatic ring is 1. The molecule has 1 aliphatic heterocycles. The monoisotopic (exact) mass is 890 g/mol. The second-order valence-corrected chi connectivity index (χ2v) is 17.9. The minimum absolute atomic E-state index is 0.0279. The first-order valence-electron chi connectivity index (χ1n) is 22.5. The molecule has 0 spiro atoms. The van der Waals surface area contributed by atoms with Crippen molar-refractivity contribution >= 4 is 36.7 Å². The lowest BCUT2D eigenvalue weighted by Gasteiger charge is -2.31. The molecule has 0 bridgehead atoms. The van der Waals surface area contributed by atoms with Gasteiger partial charge in [-0.2, -0.15) is 19.4 Å². The molecule has 5 atom stereocenters. The number of anilines is 1. The predicted octanol–water partition coefficient (Wildman–Crippen LogP) is 9.84. The normalized spacial score (nSPS) is 18.8. The van der Waals surface area contributed by atoms with Crippen LogP contribution in [0.3, 0.4) is 0 Å². The maximum Gasteiger partial charge on any atom is 0.459 e. The highest BCUT2D eigenvalue weighted by Gasteiger charge is 2.53. The van der Waals surface area contributed by atoms with Gasteiger partial charge in [0.1, 0.15) is 30.7 Å². The molecule has 4 aromatic rings. The topological polar surface area (TPSA) is 179 Å². The second-order valence-electron chi connectivity index (χ2n) is 16.2. The summed E-state index contributed by atoms with van der Waals surface area (Å²) in [7, 11) is -4.56. The number of rotatable bonds is 28. The average Bonchev–Trinajstić information content (AvgIpc) is 3.87. The molecule has 3 heterocycles. The number of nitrogens with zero attached hydrogens (tertiary/aromatic N) is 4. The number of unbranched alkanes of at least 4 members (excludes halogenated alkanes) is 10. The number of halogens is 1. The van der Waals surface area contributed by atoms with Crippen LogP contribution in [0, 0.1) is 24.3 Å². The molecule has 14 nitrogen and oxygen atoms in total. The van der Waals surface area contributed by atoms with E-state index in [2.05, 4.69) is 32.9 Å². The summed E-state index contributed by atoms with van der Waals surface area (Å²) >= 11 is 0. The van der Waals surface area contributed by atoms with Gasteiger partial charge in [-0.3, -0.25) is 18.7 Å². The van der Waals surface area contributed by atoms with E-state index < -0.39 is 56.3 Å². The third-order valence-corrected chi connectivity index (χ3v) is 13.0. The lowest BCUT2D eigenvalue weighted by molar-refractivity contribution is -0.158. The number of nitrogens with one attached hydrogen (secondary N) is 1. The van der Waals surface area contributed by atoms with E-state index >= 15 is 4.57 Å². The number of ether oxygens (including phenoxy) is 3. The first-order valence-corrected chi connectivity index (χ1v) is 24.0. The van der Waals surface area contributed by atoms with Gasteiger partial charge in [0.25, 0.3) is 0 Å². The molecule has 3 N–H and O–H groups in total. The summed E-state index contributed by atoms with van der Waals surface area (Å²) in [5.41, 5.74) is 5.01. The summed E-state index contributed by atoms with van der Waals surface area (Å²) in [5.74, 6) is 1.61. The van der Waals surface area contributed by atoms with Crippen LogP contribution in [0.5, 0.6) is 5.75 Å². The van der Waals surface area contributed by atoms with Crippen LogP contribution in [0.25, 0.3) is 11.2 Å². The average molecular weight is 891 g/mol. The molecule has 0 radical (unpaired) electrons. The van der Waals surface area contributed by atoms with E-state index in [9.17, 15) is 14.0 Å². The number of fused-ring (bicyclic) bond motifs is 1. The zero-order chi connectivity index (χ0) is 45.1. The van der Waals surface area contributed by atoms with Crippen LogP contribution in [0.1, 0.15) is 129 Å². The van der Waals surface area contributed by atoms with E-state index in [1.54, 1.807) is 30.3 Å². The van der Waals surface area contributed by atoms with Gasteiger partial charge in [-0.05, 0) is 36.5 Å². The molecule has 2 aromatic carbocycles. The van der Waals surface area contributed by atoms with Gasteiger partial charge < -0.3 is 24.5 Å². The number of benzene rings is 2. The van der Waals surface area contributed by atoms with Crippen LogP contribution in [-0.4, -0.2) is 62.4 Å². The number of para-hydroxylation sites is 1. The van der Waals surface area contributed by atoms with Crippen molar-refractivity contribution in [2.24, 2.45) is 5.92 Å². The number of esters is 2. The zero-order valence-electron chi connectivity index (χ0n) is 36.9. The SMILES string of the molecule is C#C[C@]1(CO[P@@](=O)(NC(Cc2ccccc2)C(=O)OCC(CC)CC)Oc2ccccc2)O[C@@H](n2cnc3c(N)nc(F)nc32)C[C@@H]1OC(=O)CCCCCCCCCCCCC. The first-order chi connectivity index (χ1) is 30.5. The number of nitrogens with two attached hydrogens (primary N) is 1. The highest BCUT2D eigenvalue weighted by Crippen LogP contribution is 2.49. The third kappa shape index (κ3) is 14.6. The minimum Gasteiger partial charge on any atom is -0.464 e. The Morgan fingerprint density at radius 3 is 2.24 bits per heavy atom. The Labute approximate surface area is 371 Å². The second kappa shape index (κ2) is 24.8. The van der Waals surface area contributed by atoms with Crippen LogP contribution in [0.2, 0.25) is 0 Å². The van der Waals surface area contributed by atoms with Crippen molar-refractivity contribution in [2.45, 2.75) is 147 Å². The number of aromatic nitrogens is 4. The molecule has 1 saturated heterocycles. The van der Waals surface area contributed by atoms with Crippen molar-refractivity contribution in [2.75, 3.05) is 18.9 Å². The largest absolute Gasteiger partial charge is 0.464 e. The highest BCUT2D eigenvalue weighted by atomic mass is 31.2. The minimum atomic E-state index is -4.56. The molecule has 1 aliphatic rings. The summed E-state index contributed by atoms with van der Waals surface area (Å²) < 4.78 is 61.6. The maximum atomic E-state index is 15.1. The summed E-state index contributed by atoms with van der Waals surface area (Å²) in [5, 5.41) is 2.86.